The summed E-state index contributed by atoms with van der Waals surface area (Å²) in [7, 11) is 0. The predicted molar refractivity (Wildman–Crippen MR) is 298 cm³/mol. The van der Waals surface area contributed by atoms with Crippen LogP contribution in [0.4, 0.5) is 19.2 Å². The Hall–Kier alpha value is -8.37. The van der Waals surface area contributed by atoms with Gasteiger partial charge in [0.25, 0.3) is 0 Å². The molecule has 5 amide bonds. The van der Waals surface area contributed by atoms with Crippen LogP contribution in [0.3, 0.4) is 0 Å². The topological polar surface area (TPSA) is 260 Å². The molecule has 0 spiro atoms. The molecule has 1 heterocycles. The summed E-state index contributed by atoms with van der Waals surface area (Å²) < 4.78 is 48.2. The van der Waals surface area contributed by atoms with Crippen molar-refractivity contribution in [1.29, 1.82) is 0 Å². The Kier molecular flexibility index (Phi) is 23.0. The summed E-state index contributed by atoms with van der Waals surface area (Å²) in [4.78, 5) is 68.2. The zero-order chi connectivity index (χ0) is 57.3. The maximum atomic E-state index is 14.7. The molecule has 6 aromatic carbocycles. The lowest BCUT2D eigenvalue weighted by Gasteiger charge is -2.49. The smallest absolute Gasteiger partial charge is 0.407 e. The summed E-state index contributed by atoms with van der Waals surface area (Å²) in [5.41, 5.74) is 4.38. The number of carbonyl (C=O) groups is 5. The first-order valence-electron chi connectivity index (χ1n) is 27.2. The maximum absolute atomic E-state index is 14.7. The van der Waals surface area contributed by atoms with E-state index in [1.807, 2.05) is 121 Å². The highest BCUT2D eigenvalue weighted by Gasteiger charge is 2.54. The maximum Gasteiger partial charge on any atom is 0.407 e. The van der Waals surface area contributed by atoms with Gasteiger partial charge in [0, 0.05) is 19.5 Å². The van der Waals surface area contributed by atoms with Crippen molar-refractivity contribution in [2.75, 3.05) is 13.1 Å². The fourth-order valence-electron chi connectivity index (χ4n) is 9.31. The molecule has 0 aromatic heterocycles. The van der Waals surface area contributed by atoms with E-state index in [1.54, 1.807) is 60.7 Å². The zero-order valence-electron chi connectivity index (χ0n) is 45.1. The van der Waals surface area contributed by atoms with Crippen LogP contribution in [0.25, 0.3) is 0 Å². The van der Waals surface area contributed by atoms with Crippen LogP contribution in [-0.4, -0.2) is 115 Å². The van der Waals surface area contributed by atoms with Crippen molar-refractivity contribution in [2.45, 2.75) is 120 Å². The second kappa shape index (κ2) is 31.6. The number of carbonyl (C=O) groups excluding carboxylic acids is 5. The largest absolute Gasteiger partial charge is 0.445 e. The van der Waals surface area contributed by atoms with Gasteiger partial charge < -0.3 is 74.7 Å². The van der Waals surface area contributed by atoms with Crippen molar-refractivity contribution in [3.05, 3.63) is 215 Å². The number of alkyl carbamates (subject to hydrolysis) is 4. The fourth-order valence-corrected chi connectivity index (χ4v) is 9.31. The molecular formula is C62H69N5O15. The van der Waals surface area contributed by atoms with Gasteiger partial charge in [-0.05, 0) is 46.2 Å². The van der Waals surface area contributed by atoms with Crippen LogP contribution in [0.1, 0.15) is 52.6 Å². The quantitative estimate of drug-likeness (QED) is 0.0282. The van der Waals surface area contributed by atoms with Crippen LogP contribution in [0, 0.1) is 0 Å². The highest BCUT2D eigenvalue weighted by atomic mass is 16.7. The minimum atomic E-state index is -1.92. The molecule has 4 unspecified atom stereocenters. The third-order valence-electron chi connectivity index (χ3n) is 13.6. The summed E-state index contributed by atoms with van der Waals surface area (Å²) in [5, 5.41) is 38.7. The number of amides is 5. The van der Waals surface area contributed by atoms with E-state index in [9.17, 15) is 34.2 Å². The van der Waals surface area contributed by atoms with Crippen LogP contribution in [0.5, 0.6) is 0 Å². The van der Waals surface area contributed by atoms with E-state index in [1.165, 1.54) is 0 Å². The third-order valence-corrected chi connectivity index (χ3v) is 13.6. The zero-order valence-corrected chi connectivity index (χ0v) is 45.1. The predicted octanol–water partition coefficient (Wildman–Crippen LogP) is 7.10. The number of benzene rings is 6. The molecule has 0 bridgehead atoms. The van der Waals surface area contributed by atoms with Crippen LogP contribution >= 0.6 is 0 Å². The van der Waals surface area contributed by atoms with E-state index in [4.69, 9.17) is 37.9 Å². The number of rotatable bonds is 25. The molecule has 1 aliphatic heterocycles. The fraction of sp³-hybridized carbons (Fsp3) is 0.339. The molecule has 7 N–H and O–H groups in total. The van der Waals surface area contributed by atoms with Gasteiger partial charge in [-0.2, -0.15) is 0 Å². The Labute approximate surface area is 475 Å². The van der Waals surface area contributed by atoms with Gasteiger partial charge in [0.15, 0.2) is 6.29 Å². The van der Waals surface area contributed by atoms with Crippen LogP contribution in [0.15, 0.2) is 182 Å². The van der Waals surface area contributed by atoms with Gasteiger partial charge in [0.2, 0.25) is 5.91 Å². The van der Waals surface area contributed by atoms with Crippen molar-refractivity contribution in [2.24, 2.45) is 0 Å². The van der Waals surface area contributed by atoms with Gasteiger partial charge >= 0.3 is 24.4 Å². The molecule has 20 nitrogen and oxygen atoms in total. The SMILES string of the molecule is O=C(NCC[C@H](OCc1ccccc1)C(=O)N[C@@H]1C(OCc2ccccc2)[C@H](NC(=O)OCc2ccccc2)C(O[C@@H]2O[C@H](CNC(=O)OCc3ccccc3)CCC2NC(=O)OCc2ccccc2)C(O)[C@@H]1O)OCc1ccccc1. The molecule has 10 atom stereocenters. The van der Waals surface area contributed by atoms with Crippen molar-refractivity contribution in [3.8, 4) is 0 Å². The number of hydrogen-bond donors (Lipinski definition) is 7. The first-order chi connectivity index (χ1) is 40.0. The second-order valence-corrected chi connectivity index (χ2v) is 19.6. The molecule has 2 fully saturated rings. The van der Waals surface area contributed by atoms with Gasteiger partial charge in [-0.25, -0.2) is 19.2 Å². The van der Waals surface area contributed by atoms with Crippen molar-refractivity contribution >= 4 is 30.3 Å². The monoisotopic (exact) mass is 1120 g/mol. The summed E-state index contributed by atoms with van der Waals surface area (Å²) in [6.07, 6.45) is -13.1. The van der Waals surface area contributed by atoms with E-state index < -0.39 is 91.3 Å². The molecule has 82 heavy (non-hydrogen) atoms. The lowest BCUT2D eigenvalue weighted by atomic mass is 9.80. The van der Waals surface area contributed by atoms with E-state index in [0.717, 1.165) is 22.3 Å². The highest BCUT2D eigenvalue weighted by molar-refractivity contribution is 5.81. The van der Waals surface area contributed by atoms with E-state index >= 15 is 0 Å². The molecule has 20 heteroatoms. The van der Waals surface area contributed by atoms with Gasteiger partial charge in [-0.15, -0.1) is 0 Å². The molecule has 8 rings (SSSR count). The van der Waals surface area contributed by atoms with Gasteiger partial charge in [0.1, 0.15) is 56.9 Å². The molecule has 0 radical (unpaired) electrons. The second-order valence-electron chi connectivity index (χ2n) is 19.6. The van der Waals surface area contributed by atoms with Crippen LogP contribution in [0.2, 0.25) is 0 Å². The minimum Gasteiger partial charge on any atom is -0.445 e. The highest BCUT2D eigenvalue weighted by Crippen LogP contribution is 2.32. The molecule has 432 valence electrons. The van der Waals surface area contributed by atoms with Crippen LogP contribution < -0.4 is 26.6 Å². The van der Waals surface area contributed by atoms with Crippen molar-refractivity contribution in [1.82, 2.24) is 26.6 Å². The number of hydrogen-bond acceptors (Lipinski definition) is 15. The Morgan fingerprint density at radius 3 is 1.38 bits per heavy atom. The lowest BCUT2D eigenvalue weighted by Crippen LogP contribution is -2.74. The van der Waals surface area contributed by atoms with Gasteiger partial charge in [0.05, 0.1) is 37.4 Å². The molecule has 1 saturated heterocycles. The number of nitrogens with one attached hydrogen (secondary N) is 5. The normalized spacial score (nSPS) is 21.6. The third kappa shape index (κ3) is 18.9. The number of aliphatic hydroxyl groups excluding tert-OH is 2. The lowest BCUT2D eigenvalue weighted by molar-refractivity contribution is -0.269. The Morgan fingerprint density at radius 1 is 0.463 bits per heavy atom. The van der Waals surface area contributed by atoms with Crippen LogP contribution in [-0.2, 0) is 82.3 Å². The summed E-state index contributed by atoms with van der Waals surface area (Å²) in [6, 6.07) is 50.4. The summed E-state index contributed by atoms with van der Waals surface area (Å²) in [6.45, 7) is -0.457. The minimum absolute atomic E-state index is 0.0161. The average Bonchev–Trinajstić information content (AvgIpc) is 3.08. The van der Waals surface area contributed by atoms with Gasteiger partial charge in [-0.3, -0.25) is 4.79 Å². The molecule has 6 aromatic rings. The molecule has 1 aliphatic carbocycles. The Morgan fingerprint density at radius 2 is 0.890 bits per heavy atom. The number of aliphatic hydroxyl groups is 2. The first-order valence-corrected chi connectivity index (χ1v) is 27.2. The number of ether oxygens (including phenoxy) is 8. The Bertz CT molecular complexity index is 2880. The van der Waals surface area contributed by atoms with E-state index in [-0.39, 0.29) is 65.6 Å². The van der Waals surface area contributed by atoms with Crippen molar-refractivity contribution < 1.29 is 72.1 Å². The first kappa shape index (κ1) is 59.7. The molecular weight excluding hydrogens is 1050 g/mol. The average molecular weight is 1120 g/mol. The Balaban J connectivity index is 1.06. The molecule has 1 saturated carbocycles. The van der Waals surface area contributed by atoms with E-state index in [0.29, 0.717) is 17.5 Å². The summed E-state index contributed by atoms with van der Waals surface area (Å²) in [5.74, 6) is -0.753. The molecule has 2 aliphatic rings. The standard InChI is InChI=1S/C62H69N5O15/c68-53-51(66-57(70)50(75-36-42-19-7-1-8-20-42)33-34-63-59(71)77-38-44-23-11-3-12-24-44)55(76-37-43-21-9-2-10-22-43)52(67-62(74)80-41-47-29-17-6-18-30-47)56(54(53)69)82-58-49(65-61(73)79-40-46-27-15-5-16-28-46)32-31-48(81-58)35-64-60(72)78-39-45-25-13-4-14-26-45/h1-30,48-56,58,68-69H,31-41H2,(H,63,71)(H,64,72)(H,65,73)(H,66,70)(H,67,74)/t48-,49?,50-,51-,52-,53+,54?,55?,56?,58-/m0/s1. The van der Waals surface area contributed by atoms with Crippen molar-refractivity contribution in [3.63, 3.8) is 0 Å². The van der Waals surface area contributed by atoms with Gasteiger partial charge in [-0.1, -0.05) is 182 Å². The summed E-state index contributed by atoms with van der Waals surface area (Å²) >= 11 is 0. The van der Waals surface area contributed by atoms with E-state index in [2.05, 4.69) is 26.6 Å².